The molecule has 0 aliphatic carbocycles. The molecule has 0 fully saturated rings. The van der Waals surface area contributed by atoms with Crippen LogP contribution in [0.15, 0.2) is 12.2 Å². The number of ether oxygens (including phenoxy) is 3. The molecular formula is C59H112O6. The standard InChI is InChI=1S/C59H112O6/c1-4-7-10-13-16-19-22-25-28-30-32-34-37-40-43-46-49-52-58(61)64-55-56(54-63-57(60)51-48-45-42-39-36-33-27-24-21-18-15-12-9-6-3)65-59(62)53-50-47-44-41-38-35-31-29-26-23-20-17-14-11-8-5-2/h29,31,56H,4-28,30,32-55H2,1-3H3/b31-29-. The van der Waals surface area contributed by atoms with E-state index < -0.39 is 6.10 Å². The van der Waals surface area contributed by atoms with Crippen molar-refractivity contribution in [2.75, 3.05) is 13.2 Å². The fourth-order valence-corrected chi connectivity index (χ4v) is 8.85. The Morgan fingerprint density at radius 2 is 0.508 bits per heavy atom. The molecule has 0 aliphatic rings. The van der Waals surface area contributed by atoms with Crippen molar-refractivity contribution in [2.45, 2.75) is 335 Å². The number of allylic oxidation sites excluding steroid dienone is 2. The predicted molar refractivity (Wildman–Crippen MR) is 280 cm³/mol. The van der Waals surface area contributed by atoms with Gasteiger partial charge < -0.3 is 14.2 Å². The summed E-state index contributed by atoms with van der Waals surface area (Å²) in [5.74, 6) is -0.851. The molecule has 0 N–H and O–H groups in total. The molecule has 0 saturated carbocycles. The van der Waals surface area contributed by atoms with E-state index in [1.807, 2.05) is 0 Å². The number of esters is 3. The maximum absolute atomic E-state index is 12.8. The van der Waals surface area contributed by atoms with Gasteiger partial charge in [0.2, 0.25) is 0 Å². The number of carbonyl (C=O) groups is 3. The molecule has 0 aromatic rings. The van der Waals surface area contributed by atoms with Gasteiger partial charge in [-0.2, -0.15) is 0 Å². The van der Waals surface area contributed by atoms with Crippen LogP contribution in [-0.4, -0.2) is 37.2 Å². The number of unbranched alkanes of at least 4 members (excludes halogenated alkanes) is 41. The molecule has 0 rings (SSSR count). The van der Waals surface area contributed by atoms with E-state index in [4.69, 9.17) is 14.2 Å². The van der Waals surface area contributed by atoms with Crippen LogP contribution in [0, 0.1) is 0 Å². The fourth-order valence-electron chi connectivity index (χ4n) is 8.85. The Bertz CT molecular complexity index is 1010. The molecule has 1 unspecified atom stereocenters. The molecule has 0 aromatic carbocycles. The number of carbonyl (C=O) groups excluding carboxylic acids is 3. The van der Waals surface area contributed by atoms with E-state index in [0.717, 1.165) is 64.2 Å². The number of rotatable bonds is 54. The highest BCUT2D eigenvalue weighted by molar-refractivity contribution is 5.71. The van der Waals surface area contributed by atoms with E-state index in [9.17, 15) is 14.4 Å². The lowest BCUT2D eigenvalue weighted by Gasteiger charge is -2.18. The second-order valence-corrected chi connectivity index (χ2v) is 19.9. The van der Waals surface area contributed by atoms with Crippen LogP contribution in [0.3, 0.4) is 0 Å². The summed E-state index contributed by atoms with van der Waals surface area (Å²) < 4.78 is 16.9. The summed E-state index contributed by atoms with van der Waals surface area (Å²) >= 11 is 0. The highest BCUT2D eigenvalue weighted by Crippen LogP contribution is 2.17. The average molecular weight is 918 g/mol. The van der Waals surface area contributed by atoms with Crippen molar-refractivity contribution < 1.29 is 28.6 Å². The third-order valence-corrected chi connectivity index (χ3v) is 13.3. The summed E-state index contributed by atoms with van der Waals surface area (Å²) in [6.07, 6.45) is 62.0. The van der Waals surface area contributed by atoms with Crippen molar-refractivity contribution >= 4 is 17.9 Å². The Labute approximate surface area is 405 Å². The second kappa shape index (κ2) is 54.8. The van der Waals surface area contributed by atoms with Crippen LogP contribution in [0.2, 0.25) is 0 Å². The van der Waals surface area contributed by atoms with Crippen molar-refractivity contribution in [1.82, 2.24) is 0 Å². The molecule has 65 heavy (non-hydrogen) atoms. The third kappa shape index (κ3) is 53.0. The molecule has 6 nitrogen and oxygen atoms in total. The zero-order chi connectivity index (χ0) is 47.2. The molecule has 0 aromatic heterocycles. The fraction of sp³-hybridized carbons (Fsp3) is 0.915. The summed E-state index contributed by atoms with van der Waals surface area (Å²) in [6, 6.07) is 0. The highest BCUT2D eigenvalue weighted by atomic mass is 16.6. The van der Waals surface area contributed by atoms with Crippen LogP contribution in [0.25, 0.3) is 0 Å². The quantitative estimate of drug-likeness (QED) is 0.0262. The lowest BCUT2D eigenvalue weighted by molar-refractivity contribution is -0.167. The summed E-state index contributed by atoms with van der Waals surface area (Å²) in [7, 11) is 0. The van der Waals surface area contributed by atoms with Gasteiger partial charge in [0.1, 0.15) is 13.2 Å². The molecule has 0 heterocycles. The number of hydrogen-bond donors (Lipinski definition) is 0. The zero-order valence-electron chi connectivity index (χ0n) is 44.0. The zero-order valence-corrected chi connectivity index (χ0v) is 44.0. The predicted octanol–water partition coefficient (Wildman–Crippen LogP) is 19.3. The maximum Gasteiger partial charge on any atom is 0.306 e. The van der Waals surface area contributed by atoms with E-state index in [0.29, 0.717) is 19.3 Å². The third-order valence-electron chi connectivity index (χ3n) is 13.3. The minimum atomic E-state index is -0.768. The van der Waals surface area contributed by atoms with Crippen molar-refractivity contribution in [1.29, 1.82) is 0 Å². The molecule has 0 saturated heterocycles. The topological polar surface area (TPSA) is 78.9 Å². The first-order valence-corrected chi connectivity index (χ1v) is 29.2. The Kier molecular flexibility index (Phi) is 53.2. The summed E-state index contributed by atoms with van der Waals surface area (Å²) in [5.41, 5.74) is 0. The largest absolute Gasteiger partial charge is 0.462 e. The Morgan fingerprint density at radius 3 is 0.769 bits per heavy atom. The number of hydrogen-bond acceptors (Lipinski definition) is 6. The summed E-state index contributed by atoms with van der Waals surface area (Å²) in [5, 5.41) is 0. The van der Waals surface area contributed by atoms with Gasteiger partial charge in [-0.25, -0.2) is 0 Å². The van der Waals surface area contributed by atoms with Gasteiger partial charge in [-0.1, -0.05) is 277 Å². The minimum absolute atomic E-state index is 0.0673. The smallest absolute Gasteiger partial charge is 0.306 e. The van der Waals surface area contributed by atoms with Crippen LogP contribution in [0.4, 0.5) is 0 Å². The molecule has 0 spiro atoms. The Balaban J connectivity index is 4.32. The molecular weight excluding hydrogens is 805 g/mol. The monoisotopic (exact) mass is 917 g/mol. The van der Waals surface area contributed by atoms with Crippen LogP contribution in [0.1, 0.15) is 329 Å². The maximum atomic E-state index is 12.8. The molecule has 0 aliphatic heterocycles. The highest BCUT2D eigenvalue weighted by Gasteiger charge is 2.19. The van der Waals surface area contributed by atoms with E-state index in [1.165, 1.54) is 225 Å². The molecule has 384 valence electrons. The molecule has 0 radical (unpaired) electrons. The van der Waals surface area contributed by atoms with Gasteiger partial charge in [-0.15, -0.1) is 0 Å². The summed E-state index contributed by atoms with van der Waals surface area (Å²) in [6.45, 7) is 6.69. The van der Waals surface area contributed by atoms with E-state index >= 15 is 0 Å². The van der Waals surface area contributed by atoms with Crippen molar-refractivity contribution in [3.63, 3.8) is 0 Å². The van der Waals surface area contributed by atoms with E-state index in [2.05, 4.69) is 32.9 Å². The van der Waals surface area contributed by atoms with Crippen molar-refractivity contribution in [3.8, 4) is 0 Å². The van der Waals surface area contributed by atoms with Crippen molar-refractivity contribution in [2.24, 2.45) is 0 Å². The first-order chi connectivity index (χ1) is 32.0. The van der Waals surface area contributed by atoms with Gasteiger partial charge in [0, 0.05) is 19.3 Å². The van der Waals surface area contributed by atoms with Gasteiger partial charge in [0.05, 0.1) is 0 Å². The van der Waals surface area contributed by atoms with Crippen LogP contribution < -0.4 is 0 Å². The Morgan fingerprint density at radius 1 is 0.292 bits per heavy atom. The first-order valence-electron chi connectivity index (χ1n) is 29.2. The SMILES string of the molecule is CCCCCCCCC/C=C\CCCCCCCC(=O)OC(COC(=O)CCCCCCCCCCCCCCCC)COC(=O)CCCCCCCCCCCCCCCCCCC. The lowest BCUT2D eigenvalue weighted by atomic mass is 10.0. The second-order valence-electron chi connectivity index (χ2n) is 19.9. The Hall–Kier alpha value is -1.85. The molecule has 1 atom stereocenters. The molecule has 0 bridgehead atoms. The minimum Gasteiger partial charge on any atom is -0.462 e. The van der Waals surface area contributed by atoms with Crippen LogP contribution in [-0.2, 0) is 28.6 Å². The summed E-state index contributed by atoms with van der Waals surface area (Å²) in [4.78, 5) is 38.1. The van der Waals surface area contributed by atoms with Crippen LogP contribution in [0.5, 0.6) is 0 Å². The molecule has 0 amide bonds. The van der Waals surface area contributed by atoms with Gasteiger partial charge in [0.25, 0.3) is 0 Å². The molecule has 6 heteroatoms. The van der Waals surface area contributed by atoms with Crippen LogP contribution >= 0.6 is 0 Å². The van der Waals surface area contributed by atoms with Gasteiger partial charge in [0.15, 0.2) is 6.10 Å². The van der Waals surface area contributed by atoms with Gasteiger partial charge >= 0.3 is 17.9 Å². The van der Waals surface area contributed by atoms with Crippen molar-refractivity contribution in [3.05, 3.63) is 12.2 Å². The van der Waals surface area contributed by atoms with E-state index in [-0.39, 0.29) is 31.1 Å². The van der Waals surface area contributed by atoms with E-state index in [1.54, 1.807) is 0 Å². The lowest BCUT2D eigenvalue weighted by Crippen LogP contribution is -2.30. The van der Waals surface area contributed by atoms with Gasteiger partial charge in [-0.3, -0.25) is 14.4 Å². The normalized spacial score (nSPS) is 12.0. The van der Waals surface area contributed by atoms with Gasteiger partial charge in [-0.05, 0) is 44.9 Å². The first kappa shape index (κ1) is 63.1. The average Bonchev–Trinajstić information content (AvgIpc) is 3.30.